The van der Waals surface area contributed by atoms with Gasteiger partial charge in [0.2, 0.25) is 0 Å². The van der Waals surface area contributed by atoms with Gasteiger partial charge in [-0.25, -0.2) is 9.59 Å². The lowest BCUT2D eigenvalue weighted by Gasteiger charge is -2.29. The summed E-state index contributed by atoms with van der Waals surface area (Å²) in [4.78, 5) is 23.3. The smallest absolute Gasteiger partial charge is 0.408 e. The molecule has 2 saturated heterocycles. The number of nitrogens with zero attached hydrogens (tertiary/aromatic N) is 1. The third kappa shape index (κ3) is 2.89. The van der Waals surface area contributed by atoms with Gasteiger partial charge in [0, 0.05) is 19.0 Å². The van der Waals surface area contributed by atoms with Gasteiger partial charge < -0.3 is 14.9 Å². The number of hydrogen-bond acceptors (Lipinski definition) is 4. The minimum absolute atomic E-state index is 0.230. The van der Waals surface area contributed by atoms with Crippen LogP contribution < -0.4 is 0 Å². The molecule has 0 aromatic heterocycles. The molecule has 2 fully saturated rings. The summed E-state index contributed by atoms with van der Waals surface area (Å²) < 4.78 is 5.27. The predicted octanol–water partition coefficient (Wildman–Crippen LogP) is 1.31. The van der Waals surface area contributed by atoms with E-state index in [1.54, 1.807) is 0 Å². The Bertz CT molecular complexity index is 331. The van der Waals surface area contributed by atoms with Crippen molar-refractivity contribution in [2.45, 2.75) is 30.7 Å². The molecule has 1 amide bonds. The van der Waals surface area contributed by atoms with Crippen molar-refractivity contribution in [2.24, 2.45) is 5.92 Å². The number of thioether (sulfide) groups is 1. The van der Waals surface area contributed by atoms with Gasteiger partial charge in [-0.2, -0.15) is 0 Å². The third-order valence-electron chi connectivity index (χ3n) is 3.47. The molecule has 7 heteroatoms. The summed E-state index contributed by atoms with van der Waals surface area (Å²) >= 11 is 1.43. The molecule has 0 spiro atoms. The summed E-state index contributed by atoms with van der Waals surface area (Å²) in [7, 11) is 0. The topological polar surface area (TPSA) is 87.1 Å². The van der Waals surface area contributed by atoms with Crippen LogP contribution >= 0.6 is 11.8 Å². The van der Waals surface area contributed by atoms with Gasteiger partial charge in [-0.3, -0.25) is 4.90 Å². The molecule has 2 aliphatic rings. The standard InChI is InChI=1S/C11H17NO5S/c13-10(14)8-6-18-9(12(8)11(15)16)5-7-1-3-17-4-2-7/h7-9H,1-6H2,(H,13,14)(H,15,16)/t8?,9-/m1/s1. The first-order chi connectivity index (χ1) is 8.59. The second kappa shape index (κ2) is 5.79. The van der Waals surface area contributed by atoms with Gasteiger partial charge >= 0.3 is 12.1 Å². The first-order valence-corrected chi connectivity index (χ1v) is 7.08. The first-order valence-electron chi connectivity index (χ1n) is 6.03. The lowest BCUT2D eigenvalue weighted by molar-refractivity contribution is -0.141. The predicted molar refractivity (Wildman–Crippen MR) is 65.7 cm³/mol. The molecule has 0 radical (unpaired) electrons. The van der Waals surface area contributed by atoms with Crippen LogP contribution in [0.25, 0.3) is 0 Å². The van der Waals surface area contributed by atoms with Crippen molar-refractivity contribution >= 4 is 23.8 Å². The molecular weight excluding hydrogens is 258 g/mol. The van der Waals surface area contributed by atoms with Crippen molar-refractivity contribution in [3.63, 3.8) is 0 Å². The van der Waals surface area contributed by atoms with Crippen molar-refractivity contribution in [2.75, 3.05) is 19.0 Å². The fraction of sp³-hybridized carbons (Fsp3) is 0.818. The maximum Gasteiger partial charge on any atom is 0.408 e. The van der Waals surface area contributed by atoms with E-state index < -0.39 is 18.1 Å². The highest BCUT2D eigenvalue weighted by atomic mass is 32.2. The highest BCUT2D eigenvalue weighted by Crippen LogP contribution is 2.35. The molecule has 0 aromatic carbocycles. The number of carboxylic acids is 1. The molecule has 6 nitrogen and oxygen atoms in total. The van der Waals surface area contributed by atoms with E-state index in [0.717, 1.165) is 37.4 Å². The highest BCUT2D eigenvalue weighted by Gasteiger charge is 2.42. The zero-order valence-corrected chi connectivity index (χ0v) is 10.8. The minimum Gasteiger partial charge on any atom is -0.480 e. The van der Waals surface area contributed by atoms with Gasteiger partial charge in [-0.05, 0) is 25.2 Å². The summed E-state index contributed by atoms with van der Waals surface area (Å²) in [6.45, 7) is 1.44. The molecule has 0 bridgehead atoms. The van der Waals surface area contributed by atoms with E-state index >= 15 is 0 Å². The Kier molecular flexibility index (Phi) is 4.34. The Morgan fingerprint density at radius 1 is 1.28 bits per heavy atom. The molecule has 102 valence electrons. The van der Waals surface area contributed by atoms with Crippen LogP contribution in [0, 0.1) is 5.92 Å². The maximum absolute atomic E-state index is 11.2. The van der Waals surface area contributed by atoms with Crippen LogP contribution in [0.3, 0.4) is 0 Å². The Morgan fingerprint density at radius 3 is 2.50 bits per heavy atom. The average Bonchev–Trinajstić information content (AvgIpc) is 2.74. The summed E-state index contributed by atoms with van der Waals surface area (Å²) in [5.74, 6) is -0.278. The molecule has 2 rings (SSSR count). The molecule has 2 atom stereocenters. The summed E-state index contributed by atoms with van der Waals surface area (Å²) in [5.41, 5.74) is 0. The zero-order chi connectivity index (χ0) is 13.1. The zero-order valence-electron chi connectivity index (χ0n) is 9.95. The van der Waals surface area contributed by atoms with Gasteiger partial charge in [0.1, 0.15) is 6.04 Å². The number of carboxylic acid groups (broad SMARTS) is 2. The van der Waals surface area contributed by atoms with Gasteiger partial charge in [-0.15, -0.1) is 11.8 Å². The second-order valence-electron chi connectivity index (χ2n) is 4.62. The number of carbonyl (C=O) groups is 2. The summed E-state index contributed by atoms with van der Waals surface area (Å²) in [6.07, 6.45) is 1.46. The van der Waals surface area contributed by atoms with Crippen molar-refractivity contribution < 1.29 is 24.5 Å². The highest BCUT2D eigenvalue weighted by molar-refractivity contribution is 8.00. The molecule has 18 heavy (non-hydrogen) atoms. The van der Waals surface area contributed by atoms with Crippen LogP contribution in [0.15, 0.2) is 0 Å². The number of aliphatic carboxylic acids is 1. The number of hydrogen-bond donors (Lipinski definition) is 2. The maximum atomic E-state index is 11.2. The fourth-order valence-corrected chi connectivity index (χ4v) is 3.97. The van der Waals surface area contributed by atoms with Crippen LogP contribution in [-0.2, 0) is 9.53 Å². The monoisotopic (exact) mass is 275 g/mol. The molecular formula is C11H17NO5S. The van der Waals surface area contributed by atoms with E-state index in [-0.39, 0.29) is 5.37 Å². The van der Waals surface area contributed by atoms with Crippen molar-refractivity contribution in [1.29, 1.82) is 0 Å². The van der Waals surface area contributed by atoms with Crippen LogP contribution in [0.2, 0.25) is 0 Å². The van der Waals surface area contributed by atoms with E-state index in [9.17, 15) is 9.59 Å². The van der Waals surface area contributed by atoms with Crippen LogP contribution in [0.4, 0.5) is 4.79 Å². The van der Waals surface area contributed by atoms with E-state index in [4.69, 9.17) is 14.9 Å². The molecule has 0 aromatic rings. The molecule has 0 aliphatic carbocycles. The van der Waals surface area contributed by atoms with Crippen molar-refractivity contribution in [1.82, 2.24) is 4.90 Å². The molecule has 0 saturated carbocycles. The van der Waals surface area contributed by atoms with Crippen LogP contribution in [0.5, 0.6) is 0 Å². The van der Waals surface area contributed by atoms with Gasteiger partial charge in [-0.1, -0.05) is 0 Å². The largest absolute Gasteiger partial charge is 0.480 e. The third-order valence-corrected chi connectivity index (χ3v) is 4.79. The summed E-state index contributed by atoms with van der Waals surface area (Å²) in [5, 5.41) is 17.9. The Hall–Kier alpha value is -0.950. The number of amides is 1. The first kappa shape index (κ1) is 13.5. The number of rotatable bonds is 3. The Balaban J connectivity index is 1.98. The van der Waals surface area contributed by atoms with Crippen molar-refractivity contribution in [3.8, 4) is 0 Å². The lowest BCUT2D eigenvalue weighted by Crippen LogP contribution is -2.45. The minimum atomic E-state index is -1.13. The number of ether oxygens (including phenoxy) is 1. The Morgan fingerprint density at radius 2 is 1.94 bits per heavy atom. The molecule has 2 heterocycles. The summed E-state index contributed by atoms with van der Waals surface area (Å²) in [6, 6.07) is -0.905. The normalized spacial score (nSPS) is 29.4. The van der Waals surface area contributed by atoms with E-state index in [0.29, 0.717) is 11.7 Å². The fourth-order valence-electron chi connectivity index (χ4n) is 2.46. The van der Waals surface area contributed by atoms with E-state index in [2.05, 4.69) is 0 Å². The van der Waals surface area contributed by atoms with E-state index in [1.165, 1.54) is 11.8 Å². The van der Waals surface area contributed by atoms with Crippen molar-refractivity contribution in [3.05, 3.63) is 0 Å². The second-order valence-corrected chi connectivity index (χ2v) is 5.83. The lowest BCUT2D eigenvalue weighted by atomic mass is 9.96. The van der Waals surface area contributed by atoms with Gasteiger partial charge in [0.25, 0.3) is 0 Å². The van der Waals surface area contributed by atoms with Crippen LogP contribution in [0.1, 0.15) is 19.3 Å². The van der Waals surface area contributed by atoms with Crippen LogP contribution in [-0.4, -0.2) is 57.6 Å². The molecule has 1 unspecified atom stereocenters. The van der Waals surface area contributed by atoms with Gasteiger partial charge in [0.15, 0.2) is 0 Å². The quantitative estimate of drug-likeness (QED) is 0.807. The Labute approximate surface area is 109 Å². The average molecular weight is 275 g/mol. The van der Waals surface area contributed by atoms with E-state index in [1.807, 2.05) is 0 Å². The van der Waals surface area contributed by atoms with Gasteiger partial charge in [0.05, 0.1) is 5.37 Å². The SMILES string of the molecule is O=C(O)C1CS[C@H](CC2CCOCC2)N1C(=O)O. The molecule has 2 aliphatic heterocycles. The molecule has 2 N–H and O–H groups in total.